The summed E-state index contributed by atoms with van der Waals surface area (Å²) in [5.74, 6) is -6.51. The van der Waals surface area contributed by atoms with E-state index in [2.05, 4.69) is 15.5 Å². The number of carbonyl (C=O) groups is 1. The second kappa shape index (κ2) is 5.46. The number of hydrogen-bond acceptors (Lipinski definition) is 4. The Morgan fingerprint density at radius 3 is 2.67 bits per heavy atom. The second-order valence-electron chi connectivity index (χ2n) is 4.08. The van der Waals surface area contributed by atoms with E-state index in [1.54, 1.807) is 18.4 Å². The van der Waals surface area contributed by atoms with Crippen molar-refractivity contribution in [3.05, 3.63) is 24.3 Å². The zero-order valence-corrected chi connectivity index (χ0v) is 10.6. The van der Waals surface area contributed by atoms with Gasteiger partial charge >= 0.3 is 18.3 Å². The Morgan fingerprint density at radius 1 is 1.38 bits per heavy atom. The molecule has 0 aliphatic rings. The molecule has 0 saturated carbocycles. The number of tetrazole rings is 1. The fraction of sp³-hybridized carbons (Fsp3) is 0.273. The van der Waals surface area contributed by atoms with Crippen LogP contribution in [0.4, 0.5) is 23.2 Å². The van der Waals surface area contributed by atoms with Crippen molar-refractivity contribution in [1.82, 2.24) is 20.2 Å². The molecular formula is C11H9F4N5O. The van der Waals surface area contributed by atoms with Gasteiger partial charge in [0.2, 0.25) is 0 Å². The van der Waals surface area contributed by atoms with E-state index in [4.69, 9.17) is 0 Å². The van der Waals surface area contributed by atoms with Crippen molar-refractivity contribution in [3.8, 4) is 11.4 Å². The molecular weight excluding hydrogens is 294 g/mol. The molecule has 1 N–H and O–H groups in total. The lowest BCUT2D eigenvalue weighted by Crippen LogP contribution is -2.40. The van der Waals surface area contributed by atoms with Crippen molar-refractivity contribution < 1.29 is 22.4 Å². The summed E-state index contributed by atoms with van der Waals surface area (Å²) < 4.78 is 51.2. The van der Waals surface area contributed by atoms with Crippen LogP contribution >= 0.6 is 0 Å². The van der Waals surface area contributed by atoms with Crippen molar-refractivity contribution in [1.29, 1.82) is 0 Å². The first kappa shape index (κ1) is 14.9. The lowest BCUT2D eigenvalue weighted by molar-refractivity contribution is -0.163. The molecule has 0 bridgehead atoms. The van der Waals surface area contributed by atoms with Crippen LogP contribution in [0.25, 0.3) is 11.4 Å². The Balaban J connectivity index is 2.23. The maximum Gasteiger partial charge on any atom is 0.383 e. The fourth-order valence-electron chi connectivity index (χ4n) is 1.52. The van der Waals surface area contributed by atoms with Gasteiger partial charge in [0.25, 0.3) is 0 Å². The first-order valence-electron chi connectivity index (χ1n) is 5.62. The summed E-state index contributed by atoms with van der Waals surface area (Å²) >= 11 is 0. The van der Waals surface area contributed by atoms with Crippen LogP contribution < -0.4 is 5.32 Å². The first-order chi connectivity index (χ1) is 9.82. The van der Waals surface area contributed by atoms with Gasteiger partial charge < -0.3 is 5.32 Å². The molecule has 1 amide bonds. The summed E-state index contributed by atoms with van der Waals surface area (Å²) in [6.07, 6.45) is -4.08. The van der Waals surface area contributed by atoms with Gasteiger partial charge in [-0.15, -0.1) is 5.10 Å². The molecule has 112 valence electrons. The third kappa shape index (κ3) is 2.98. The number of aryl methyl sites for hydroxylation is 1. The highest BCUT2D eigenvalue weighted by atomic mass is 19.3. The van der Waals surface area contributed by atoms with Crippen LogP contribution in [0.3, 0.4) is 0 Å². The Labute approximate surface area is 115 Å². The van der Waals surface area contributed by atoms with Crippen molar-refractivity contribution in [3.63, 3.8) is 0 Å². The number of nitrogens with zero attached hydrogens (tertiary/aromatic N) is 4. The quantitative estimate of drug-likeness (QED) is 0.873. The maximum atomic E-state index is 12.9. The number of anilines is 1. The molecule has 6 nitrogen and oxygen atoms in total. The van der Waals surface area contributed by atoms with Gasteiger partial charge in [-0.1, -0.05) is 12.1 Å². The molecule has 2 rings (SSSR count). The molecule has 1 aromatic heterocycles. The second-order valence-corrected chi connectivity index (χ2v) is 4.08. The number of carbonyl (C=O) groups excluding carboxylic acids is 1. The van der Waals surface area contributed by atoms with Gasteiger partial charge in [-0.2, -0.15) is 8.78 Å². The summed E-state index contributed by atoms with van der Waals surface area (Å²) in [4.78, 5) is 11.2. The van der Waals surface area contributed by atoms with Crippen LogP contribution in [0.1, 0.15) is 0 Å². The number of halogens is 4. The molecule has 0 atom stereocenters. The predicted molar refractivity (Wildman–Crippen MR) is 63.8 cm³/mol. The molecule has 0 aliphatic carbocycles. The number of aromatic nitrogens is 4. The molecule has 1 aromatic carbocycles. The molecule has 0 spiro atoms. The van der Waals surface area contributed by atoms with Gasteiger partial charge in [0, 0.05) is 18.3 Å². The fourth-order valence-corrected chi connectivity index (χ4v) is 1.52. The minimum Gasteiger partial charge on any atom is -0.321 e. The highest BCUT2D eigenvalue weighted by Crippen LogP contribution is 2.26. The van der Waals surface area contributed by atoms with E-state index in [0.717, 1.165) is 0 Å². The molecule has 0 fully saturated rings. The zero-order chi connectivity index (χ0) is 15.6. The Hall–Kier alpha value is -2.52. The van der Waals surface area contributed by atoms with Crippen LogP contribution in [0.15, 0.2) is 24.3 Å². The lowest BCUT2D eigenvalue weighted by Gasteiger charge is -2.15. The van der Waals surface area contributed by atoms with E-state index in [9.17, 15) is 22.4 Å². The zero-order valence-electron chi connectivity index (χ0n) is 10.6. The molecule has 1 heterocycles. The largest absolute Gasteiger partial charge is 0.383 e. The summed E-state index contributed by atoms with van der Waals surface area (Å²) in [5.41, 5.74) is 0.362. The van der Waals surface area contributed by atoms with Crippen LogP contribution in [0.2, 0.25) is 0 Å². The number of benzene rings is 1. The number of nitrogens with one attached hydrogen (secondary N) is 1. The standard InChI is InChI=1S/C11H9F4N5O/c1-20-8(17-18-19-20)6-3-2-4-7(5-6)16-10(21)11(14,15)9(12)13/h2-5,9H,1H3,(H,16,21). The minimum atomic E-state index is -4.76. The summed E-state index contributed by atoms with van der Waals surface area (Å²) in [7, 11) is 1.56. The number of amides is 1. The minimum absolute atomic E-state index is 0.0687. The van der Waals surface area contributed by atoms with Gasteiger partial charge in [-0.3, -0.25) is 4.79 Å². The summed E-state index contributed by atoms with van der Waals surface area (Å²) in [6.45, 7) is 0. The molecule has 2 aromatic rings. The van der Waals surface area contributed by atoms with Gasteiger partial charge in [-0.05, 0) is 22.6 Å². The third-order valence-corrected chi connectivity index (χ3v) is 2.58. The van der Waals surface area contributed by atoms with E-state index in [-0.39, 0.29) is 5.69 Å². The van der Waals surface area contributed by atoms with Gasteiger partial charge in [0.1, 0.15) is 0 Å². The highest BCUT2D eigenvalue weighted by molar-refractivity contribution is 5.96. The highest BCUT2D eigenvalue weighted by Gasteiger charge is 2.48. The van der Waals surface area contributed by atoms with E-state index in [1.165, 1.54) is 22.9 Å². The van der Waals surface area contributed by atoms with E-state index in [1.807, 2.05) is 0 Å². The maximum absolute atomic E-state index is 12.9. The van der Waals surface area contributed by atoms with Gasteiger partial charge in [0.15, 0.2) is 5.82 Å². The predicted octanol–water partition coefficient (Wildman–Crippen LogP) is 1.72. The topological polar surface area (TPSA) is 72.7 Å². The number of alkyl halides is 4. The summed E-state index contributed by atoms with van der Waals surface area (Å²) in [6, 6.07) is 5.60. The molecule has 0 aliphatic heterocycles. The molecule has 10 heteroatoms. The van der Waals surface area contributed by atoms with E-state index in [0.29, 0.717) is 11.4 Å². The summed E-state index contributed by atoms with van der Waals surface area (Å²) in [5, 5.41) is 12.4. The van der Waals surface area contributed by atoms with Gasteiger partial charge in [-0.25, -0.2) is 13.5 Å². The van der Waals surface area contributed by atoms with E-state index < -0.39 is 18.3 Å². The number of hydrogen-bond donors (Lipinski definition) is 1. The first-order valence-corrected chi connectivity index (χ1v) is 5.62. The van der Waals surface area contributed by atoms with Crippen molar-refractivity contribution in [2.24, 2.45) is 7.05 Å². The van der Waals surface area contributed by atoms with Crippen LogP contribution in [0, 0.1) is 0 Å². The average molecular weight is 303 g/mol. The average Bonchev–Trinajstić information content (AvgIpc) is 2.85. The van der Waals surface area contributed by atoms with E-state index >= 15 is 0 Å². The molecule has 0 radical (unpaired) electrons. The van der Waals surface area contributed by atoms with Crippen molar-refractivity contribution >= 4 is 11.6 Å². The van der Waals surface area contributed by atoms with Crippen molar-refractivity contribution in [2.45, 2.75) is 12.3 Å². The molecule has 0 saturated heterocycles. The SMILES string of the molecule is Cn1nnnc1-c1cccc(NC(=O)C(F)(F)C(F)F)c1. The Morgan fingerprint density at radius 2 is 2.10 bits per heavy atom. The lowest BCUT2D eigenvalue weighted by atomic mass is 10.2. The van der Waals surface area contributed by atoms with Crippen LogP contribution in [-0.4, -0.2) is 38.5 Å². The Bertz CT molecular complexity index is 658. The molecule has 0 unspecified atom stereocenters. The monoisotopic (exact) mass is 303 g/mol. The number of rotatable bonds is 4. The third-order valence-electron chi connectivity index (χ3n) is 2.58. The normalized spacial score (nSPS) is 11.7. The van der Waals surface area contributed by atoms with Crippen LogP contribution in [0.5, 0.6) is 0 Å². The van der Waals surface area contributed by atoms with Crippen LogP contribution in [-0.2, 0) is 11.8 Å². The van der Waals surface area contributed by atoms with Gasteiger partial charge in [0.05, 0.1) is 0 Å². The molecule has 21 heavy (non-hydrogen) atoms. The smallest absolute Gasteiger partial charge is 0.321 e. The Kier molecular flexibility index (Phi) is 3.87. The van der Waals surface area contributed by atoms with Crippen molar-refractivity contribution in [2.75, 3.05) is 5.32 Å².